The number of halogens is 4. The Labute approximate surface area is 140 Å². The van der Waals surface area contributed by atoms with Gasteiger partial charge in [-0.2, -0.15) is 13.2 Å². The SMILES string of the molecule is O=C(CS(=O)(=O)c1cccc(Br)c1)N1CCC(C(F)(F)F)CC1. The smallest absolute Gasteiger partial charge is 0.342 e. The van der Waals surface area contributed by atoms with Crippen LogP contribution in [0.4, 0.5) is 13.2 Å². The van der Waals surface area contributed by atoms with Crippen molar-refractivity contribution >= 4 is 31.7 Å². The highest BCUT2D eigenvalue weighted by molar-refractivity contribution is 9.10. The molecule has 0 N–H and O–H groups in total. The molecular weight excluding hydrogens is 399 g/mol. The fourth-order valence-corrected chi connectivity index (χ4v) is 4.27. The van der Waals surface area contributed by atoms with Crippen molar-refractivity contribution in [2.45, 2.75) is 23.9 Å². The van der Waals surface area contributed by atoms with Crippen LogP contribution in [0.25, 0.3) is 0 Å². The first-order chi connectivity index (χ1) is 10.6. The predicted molar refractivity (Wildman–Crippen MR) is 81.6 cm³/mol. The lowest BCUT2D eigenvalue weighted by Crippen LogP contribution is -2.44. The van der Waals surface area contributed by atoms with Gasteiger partial charge >= 0.3 is 6.18 Å². The van der Waals surface area contributed by atoms with E-state index >= 15 is 0 Å². The van der Waals surface area contributed by atoms with Gasteiger partial charge in [-0.15, -0.1) is 0 Å². The normalized spacial score (nSPS) is 17.3. The number of likely N-dealkylation sites (tertiary alicyclic amines) is 1. The zero-order valence-electron chi connectivity index (χ0n) is 12.0. The molecule has 1 aromatic rings. The summed E-state index contributed by atoms with van der Waals surface area (Å²) < 4.78 is 62.8. The predicted octanol–water partition coefficient (Wildman–Crippen LogP) is 3.02. The molecule has 9 heteroatoms. The van der Waals surface area contributed by atoms with Crippen molar-refractivity contribution < 1.29 is 26.4 Å². The standard InChI is InChI=1S/C14H15BrF3NO3S/c15-11-2-1-3-12(8-11)23(21,22)9-13(20)19-6-4-10(5-7-19)14(16,17)18/h1-3,8,10H,4-7,9H2. The highest BCUT2D eigenvalue weighted by Gasteiger charge is 2.42. The van der Waals surface area contributed by atoms with Crippen LogP contribution in [0.15, 0.2) is 33.6 Å². The Hall–Kier alpha value is -1.09. The van der Waals surface area contributed by atoms with Gasteiger partial charge in [-0.1, -0.05) is 22.0 Å². The third kappa shape index (κ3) is 4.69. The summed E-state index contributed by atoms with van der Waals surface area (Å²) in [7, 11) is -3.82. The first-order valence-electron chi connectivity index (χ1n) is 6.92. The van der Waals surface area contributed by atoms with Crippen molar-refractivity contribution in [2.24, 2.45) is 5.92 Å². The third-order valence-corrected chi connectivity index (χ3v) is 5.87. The lowest BCUT2D eigenvalue weighted by molar-refractivity contribution is -0.186. The molecule has 128 valence electrons. The van der Waals surface area contributed by atoms with Crippen molar-refractivity contribution in [3.63, 3.8) is 0 Å². The molecule has 0 spiro atoms. The number of hydrogen-bond acceptors (Lipinski definition) is 3. The quantitative estimate of drug-likeness (QED) is 0.764. The highest BCUT2D eigenvalue weighted by Crippen LogP contribution is 2.34. The van der Waals surface area contributed by atoms with Crippen LogP contribution in [-0.4, -0.2) is 44.2 Å². The number of rotatable bonds is 3. The van der Waals surface area contributed by atoms with E-state index in [-0.39, 0.29) is 30.8 Å². The minimum absolute atomic E-state index is 0.00500. The molecule has 1 aliphatic heterocycles. The number of alkyl halides is 3. The second-order valence-corrected chi connectivity index (χ2v) is 8.32. The maximum absolute atomic E-state index is 12.6. The van der Waals surface area contributed by atoms with E-state index in [9.17, 15) is 26.4 Å². The van der Waals surface area contributed by atoms with E-state index < -0.39 is 33.6 Å². The maximum Gasteiger partial charge on any atom is 0.391 e. The molecule has 1 heterocycles. The molecular formula is C14H15BrF3NO3S. The molecule has 0 aromatic heterocycles. The van der Waals surface area contributed by atoms with Crippen LogP contribution in [0.5, 0.6) is 0 Å². The van der Waals surface area contributed by atoms with Gasteiger partial charge in [0, 0.05) is 17.6 Å². The van der Waals surface area contributed by atoms with E-state index in [0.29, 0.717) is 4.47 Å². The molecule has 1 amide bonds. The minimum atomic E-state index is -4.27. The summed E-state index contributed by atoms with van der Waals surface area (Å²) >= 11 is 3.16. The first-order valence-corrected chi connectivity index (χ1v) is 9.37. The van der Waals surface area contributed by atoms with E-state index in [4.69, 9.17) is 0 Å². The Bertz CT molecular complexity index is 683. The van der Waals surface area contributed by atoms with Crippen LogP contribution in [0.1, 0.15) is 12.8 Å². The molecule has 0 aliphatic carbocycles. The summed E-state index contributed by atoms with van der Waals surface area (Å²) in [4.78, 5) is 13.3. The summed E-state index contributed by atoms with van der Waals surface area (Å²) in [5.41, 5.74) is 0. The molecule has 23 heavy (non-hydrogen) atoms. The van der Waals surface area contributed by atoms with Crippen LogP contribution in [0.2, 0.25) is 0 Å². The number of amides is 1. The third-order valence-electron chi connectivity index (χ3n) is 3.78. The average Bonchev–Trinajstić information content (AvgIpc) is 2.46. The number of carbonyl (C=O) groups excluding carboxylic acids is 1. The van der Waals surface area contributed by atoms with Crippen molar-refractivity contribution in [3.8, 4) is 0 Å². The molecule has 1 saturated heterocycles. The molecule has 0 atom stereocenters. The van der Waals surface area contributed by atoms with Gasteiger partial charge in [-0.3, -0.25) is 4.79 Å². The second-order valence-electron chi connectivity index (χ2n) is 5.41. The van der Waals surface area contributed by atoms with E-state index in [1.807, 2.05) is 0 Å². The molecule has 1 fully saturated rings. The monoisotopic (exact) mass is 413 g/mol. The van der Waals surface area contributed by atoms with Gasteiger partial charge in [-0.05, 0) is 31.0 Å². The van der Waals surface area contributed by atoms with Crippen LogP contribution in [0, 0.1) is 5.92 Å². The Morgan fingerprint density at radius 3 is 2.39 bits per heavy atom. The van der Waals surface area contributed by atoms with Gasteiger partial charge in [0.05, 0.1) is 10.8 Å². The molecule has 0 bridgehead atoms. The van der Waals surface area contributed by atoms with Crippen LogP contribution in [-0.2, 0) is 14.6 Å². The number of nitrogens with zero attached hydrogens (tertiary/aromatic N) is 1. The fraction of sp³-hybridized carbons (Fsp3) is 0.500. The minimum Gasteiger partial charge on any atom is -0.342 e. The Balaban J connectivity index is 2.00. The fourth-order valence-electron chi connectivity index (χ4n) is 2.45. The lowest BCUT2D eigenvalue weighted by Gasteiger charge is -2.32. The second kappa shape index (κ2) is 6.80. The van der Waals surface area contributed by atoms with Gasteiger partial charge in [-0.25, -0.2) is 8.42 Å². The largest absolute Gasteiger partial charge is 0.391 e. The number of sulfone groups is 1. The summed E-state index contributed by atoms with van der Waals surface area (Å²) in [5.74, 6) is -2.82. The highest BCUT2D eigenvalue weighted by atomic mass is 79.9. The molecule has 4 nitrogen and oxygen atoms in total. The first kappa shape index (κ1) is 18.3. The number of carbonyl (C=O) groups is 1. The number of piperidine rings is 1. The molecule has 1 aromatic carbocycles. The molecule has 0 unspecified atom stereocenters. The van der Waals surface area contributed by atoms with Crippen molar-refractivity contribution in [3.05, 3.63) is 28.7 Å². The summed E-state index contributed by atoms with van der Waals surface area (Å²) in [6, 6.07) is 5.96. The Morgan fingerprint density at radius 2 is 1.87 bits per heavy atom. The van der Waals surface area contributed by atoms with Crippen molar-refractivity contribution in [2.75, 3.05) is 18.8 Å². The molecule has 1 aliphatic rings. The summed E-state index contributed by atoms with van der Waals surface area (Å²) in [6.45, 7) is -0.145. The van der Waals surface area contributed by atoms with E-state index in [2.05, 4.69) is 15.9 Å². The van der Waals surface area contributed by atoms with Crippen LogP contribution in [0.3, 0.4) is 0 Å². The number of hydrogen-bond donors (Lipinski definition) is 0. The molecule has 0 radical (unpaired) electrons. The molecule has 2 rings (SSSR count). The van der Waals surface area contributed by atoms with Gasteiger partial charge in [0.1, 0.15) is 5.75 Å². The van der Waals surface area contributed by atoms with Gasteiger partial charge in [0.2, 0.25) is 5.91 Å². The van der Waals surface area contributed by atoms with Crippen LogP contribution >= 0.6 is 15.9 Å². The summed E-state index contributed by atoms with van der Waals surface area (Å²) in [6.07, 6.45) is -4.64. The maximum atomic E-state index is 12.6. The van der Waals surface area contributed by atoms with E-state index in [1.165, 1.54) is 23.1 Å². The Morgan fingerprint density at radius 1 is 1.26 bits per heavy atom. The molecule has 0 saturated carbocycles. The van der Waals surface area contributed by atoms with Gasteiger partial charge in [0.15, 0.2) is 9.84 Å². The average molecular weight is 414 g/mol. The zero-order chi connectivity index (χ0) is 17.3. The summed E-state index contributed by atoms with van der Waals surface area (Å²) in [5, 5.41) is 0. The topological polar surface area (TPSA) is 54.5 Å². The van der Waals surface area contributed by atoms with Crippen molar-refractivity contribution in [1.82, 2.24) is 4.90 Å². The number of benzene rings is 1. The lowest BCUT2D eigenvalue weighted by atomic mass is 9.96. The van der Waals surface area contributed by atoms with Gasteiger partial charge < -0.3 is 4.90 Å². The van der Waals surface area contributed by atoms with Gasteiger partial charge in [0.25, 0.3) is 0 Å². The van der Waals surface area contributed by atoms with E-state index in [0.717, 1.165) is 0 Å². The van der Waals surface area contributed by atoms with E-state index in [1.54, 1.807) is 6.07 Å². The van der Waals surface area contributed by atoms with Crippen molar-refractivity contribution in [1.29, 1.82) is 0 Å². The van der Waals surface area contributed by atoms with Crippen LogP contribution < -0.4 is 0 Å². The zero-order valence-corrected chi connectivity index (χ0v) is 14.4. The Kier molecular flexibility index (Phi) is 5.40.